The molecule has 1 unspecified atom stereocenters. The number of rotatable bonds is 6. The topological polar surface area (TPSA) is 69.9 Å². The van der Waals surface area contributed by atoms with Crippen molar-refractivity contribution in [3.8, 4) is 5.75 Å². The molecule has 0 radical (unpaired) electrons. The lowest BCUT2D eigenvalue weighted by Crippen LogP contribution is -2.40. The maximum absolute atomic E-state index is 13.8. The van der Waals surface area contributed by atoms with Gasteiger partial charge in [-0.3, -0.25) is 9.36 Å². The van der Waals surface area contributed by atoms with E-state index in [1.165, 1.54) is 11.3 Å². The molecule has 0 aliphatic carbocycles. The number of hydrogen-bond donors (Lipinski definition) is 0. The zero-order valence-electron chi connectivity index (χ0n) is 20.2. The van der Waals surface area contributed by atoms with E-state index in [1.54, 1.807) is 36.8 Å². The average molecular weight is 531 g/mol. The Hall–Kier alpha value is -3.94. The summed E-state index contributed by atoms with van der Waals surface area (Å²) in [4.78, 5) is 32.6. The summed E-state index contributed by atoms with van der Waals surface area (Å²) in [5.74, 6) is 0.0900. The van der Waals surface area contributed by atoms with E-state index in [0.29, 0.717) is 36.9 Å². The summed E-state index contributed by atoms with van der Waals surface area (Å²) in [6.45, 7) is 1.94. The molecule has 1 aliphatic rings. The lowest BCUT2D eigenvalue weighted by molar-refractivity contribution is -0.138. The lowest BCUT2D eigenvalue weighted by Gasteiger charge is -2.26. The first-order chi connectivity index (χ1) is 18.0. The van der Waals surface area contributed by atoms with Crippen LogP contribution < -0.4 is 19.6 Å². The number of fused-ring (bicyclic) bond motifs is 1. The van der Waals surface area contributed by atoms with E-state index in [9.17, 15) is 9.59 Å². The summed E-state index contributed by atoms with van der Waals surface area (Å²) in [7, 11) is 1.58. The molecule has 5 rings (SSSR count). The molecule has 0 amide bonds. The van der Waals surface area contributed by atoms with Crippen molar-refractivity contribution in [3.63, 3.8) is 0 Å². The maximum Gasteiger partial charge on any atom is 0.338 e. The van der Waals surface area contributed by atoms with Crippen molar-refractivity contribution in [2.45, 2.75) is 13.0 Å². The van der Waals surface area contributed by atoms with E-state index >= 15 is 0 Å². The molecule has 1 aliphatic heterocycles. The van der Waals surface area contributed by atoms with Crippen LogP contribution in [0.3, 0.4) is 0 Å². The Kier molecular flexibility index (Phi) is 7.08. The number of halogens is 1. The van der Waals surface area contributed by atoms with Gasteiger partial charge in [0.2, 0.25) is 0 Å². The minimum Gasteiger partial charge on any atom is -0.497 e. The number of ether oxygens (including phenoxy) is 2. The van der Waals surface area contributed by atoms with Crippen molar-refractivity contribution in [3.05, 3.63) is 126 Å². The van der Waals surface area contributed by atoms with E-state index < -0.39 is 12.0 Å². The quantitative estimate of drug-likeness (QED) is 0.342. The SMILES string of the molecule is CCOC(=O)C1=C(c2ccccc2)N=c2sc(=Cc3ccc(Cl)cc3)c(=O)n2C1c1cccc(OC)c1. The van der Waals surface area contributed by atoms with Gasteiger partial charge in [0.15, 0.2) is 4.80 Å². The molecule has 1 aromatic heterocycles. The van der Waals surface area contributed by atoms with Crippen molar-refractivity contribution >= 4 is 40.7 Å². The Morgan fingerprint density at radius 2 is 1.84 bits per heavy atom. The molecule has 0 spiro atoms. The fourth-order valence-corrected chi connectivity index (χ4v) is 5.40. The Labute approximate surface area is 222 Å². The minimum absolute atomic E-state index is 0.191. The predicted octanol–water partition coefficient (Wildman–Crippen LogP) is 4.60. The van der Waals surface area contributed by atoms with Crippen molar-refractivity contribution in [2.24, 2.45) is 4.99 Å². The number of carbonyl (C=O) groups is 1. The second kappa shape index (κ2) is 10.6. The fourth-order valence-electron chi connectivity index (χ4n) is 4.28. The number of hydrogen-bond acceptors (Lipinski definition) is 6. The van der Waals surface area contributed by atoms with E-state index in [1.807, 2.05) is 66.7 Å². The van der Waals surface area contributed by atoms with Gasteiger partial charge in [0.1, 0.15) is 5.75 Å². The Bertz CT molecular complexity index is 1670. The standard InChI is InChI=1S/C29H23ClN2O4S/c1-3-36-28(34)24-25(19-8-5-4-6-9-19)31-29-32(26(24)20-10-7-11-22(17-20)35-2)27(33)23(37-29)16-18-12-14-21(30)15-13-18/h4-17,26H,3H2,1-2H3. The summed E-state index contributed by atoms with van der Waals surface area (Å²) in [6, 6.07) is 23.3. The molecular weight excluding hydrogens is 508 g/mol. The molecule has 4 aromatic rings. The summed E-state index contributed by atoms with van der Waals surface area (Å²) in [5, 5.41) is 0.614. The van der Waals surface area contributed by atoms with E-state index in [4.69, 9.17) is 26.1 Å². The van der Waals surface area contributed by atoms with Gasteiger partial charge in [0.25, 0.3) is 5.56 Å². The highest BCUT2D eigenvalue weighted by molar-refractivity contribution is 7.07. The molecule has 0 saturated heterocycles. The summed E-state index contributed by atoms with van der Waals surface area (Å²) >= 11 is 7.31. The first-order valence-corrected chi connectivity index (χ1v) is 12.9. The van der Waals surface area contributed by atoms with Gasteiger partial charge < -0.3 is 9.47 Å². The summed E-state index contributed by atoms with van der Waals surface area (Å²) in [6.07, 6.45) is 1.80. The second-order valence-electron chi connectivity index (χ2n) is 8.26. The number of benzene rings is 3. The van der Waals surface area contributed by atoms with Crippen LogP contribution in [0.15, 0.2) is 94.2 Å². The summed E-state index contributed by atoms with van der Waals surface area (Å²) in [5.41, 5.74) is 2.83. The van der Waals surface area contributed by atoms with Crippen LogP contribution in [-0.2, 0) is 9.53 Å². The van der Waals surface area contributed by atoms with Crippen molar-refractivity contribution in [1.82, 2.24) is 4.57 Å². The number of esters is 1. The van der Waals surface area contributed by atoms with Gasteiger partial charge >= 0.3 is 5.97 Å². The second-order valence-corrected chi connectivity index (χ2v) is 9.71. The Morgan fingerprint density at radius 1 is 1.08 bits per heavy atom. The molecule has 0 bridgehead atoms. The van der Waals surface area contributed by atoms with Crippen LogP contribution in [0.5, 0.6) is 5.75 Å². The van der Waals surface area contributed by atoms with E-state index in [2.05, 4.69) is 0 Å². The van der Waals surface area contributed by atoms with Crippen molar-refractivity contribution < 1.29 is 14.3 Å². The van der Waals surface area contributed by atoms with Crippen LogP contribution in [-0.4, -0.2) is 24.3 Å². The summed E-state index contributed by atoms with van der Waals surface area (Å²) < 4.78 is 13.0. The Balaban J connectivity index is 1.83. The van der Waals surface area contributed by atoms with Crippen molar-refractivity contribution in [2.75, 3.05) is 13.7 Å². The smallest absolute Gasteiger partial charge is 0.338 e. The van der Waals surface area contributed by atoms with Gasteiger partial charge in [0, 0.05) is 10.6 Å². The van der Waals surface area contributed by atoms with Crippen LogP contribution in [0.25, 0.3) is 11.8 Å². The molecule has 1 atom stereocenters. The molecule has 2 heterocycles. The highest BCUT2D eigenvalue weighted by Crippen LogP contribution is 2.36. The van der Waals surface area contributed by atoms with Crippen LogP contribution in [0.1, 0.15) is 29.7 Å². The van der Waals surface area contributed by atoms with Crippen LogP contribution in [0, 0.1) is 0 Å². The lowest BCUT2D eigenvalue weighted by atomic mass is 9.93. The molecule has 0 fully saturated rings. The van der Waals surface area contributed by atoms with Crippen LogP contribution >= 0.6 is 22.9 Å². The highest BCUT2D eigenvalue weighted by Gasteiger charge is 2.35. The number of methoxy groups -OCH3 is 1. The maximum atomic E-state index is 13.8. The normalized spacial score (nSPS) is 15.2. The highest BCUT2D eigenvalue weighted by atomic mass is 35.5. The van der Waals surface area contributed by atoms with Crippen LogP contribution in [0.2, 0.25) is 5.02 Å². The zero-order chi connectivity index (χ0) is 25.9. The first kappa shape index (κ1) is 24.7. The molecule has 3 aromatic carbocycles. The molecule has 6 nitrogen and oxygen atoms in total. The third-order valence-corrected chi connectivity index (χ3v) is 7.19. The molecule has 8 heteroatoms. The van der Waals surface area contributed by atoms with Gasteiger partial charge in [-0.25, -0.2) is 9.79 Å². The molecule has 37 heavy (non-hydrogen) atoms. The molecular formula is C29H23ClN2O4S. The minimum atomic E-state index is -0.757. The van der Waals surface area contributed by atoms with E-state index in [0.717, 1.165) is 11.1 Å². The first-order valence-electron chi connectivity index (χ1n) is 11.7. The number of nitrogens with zero attached hydrogens (tertiary/aromatic N) is 2. The van der Waals surface area contributed by atoms with Gasteiger partial charge in [-0.2, -0.15) is 0 Å². The Morgan fingerprint density at radius 3 is 2.54 bits per heavy atom. The fraction of sp³-hybridized carbons (Fsp3) is 0.138. The van der Waals surface area contributed by atoms with Crippen LogP contribution in [0.4, 0.5) is 0 Å². The zero-order valence-corrected chi connectivity index (χ0v) is 21.8. The third kappa shape index (κ3) is 4.88. The van der Waals surface area contributed by atoms with Crippen molar-refractivity contribution in [1.29, 1.82) is 0 Å². The van der Waals surface area contributed by atoms with Gasteiger partial charge in [-0.15, -0.1) is 0 Å². The van der Waals surface area contributed by atoms with Gasteiger partial charge in [0.05, 0.1) is 35.6 Å². The number of aromatic nitrogens is 1. The van der Waals surface area contributed by atoms with E-state index in [-0.39, 0.29) is 12.2 Å². The molecule has 186 valence electrons. The average Bonchev–Trinajstić information content (AvgIpc) is 3.24. The predicted molar refractivity (Wildman–Crippen MR) is 146 cm³/mol. The third-order valence-electron chi connectivity index (χ3n) is 5.95. The monoisotopic (exact) mass is 530 g/mol. The molecule has 0 N–H and O–H groups in total. The number of carbonyl (C=O) groups excluding carboxylic acids is 1. The van der Waals surface area contributed by atoms with Gasteiger partial charge in [-0.1, -0.05) is 77.5 Å². The number of thiazole rings is 1. The largest absolute Gasteiger partial charge is 0.497 e. The molecule has 0 saturated carbocycles. The van der Waals surface area contributed by atoms with Gasteiger partial charge in [-0.05, 0) is 48.4 Å².